The molecule has 3 rings (SSSR count). The van der Waals surface area contributed by atoms with Crippen LogP contribution in [0, 0.1) is 0 Å². The van der Waals surface area contributed by atoms with E-state index in [0.29, 0.717) is 14.7 Å². The summed E-state index contributed by atoms with van der Waals surface area (Å²) in [6.07, 6.45) is -4.51. The topological polar surface area (TPSA) is 49.4 Å². The Kier molecular flexibility index (Phi) is 7.33. The molecule has 0 aliphatic rings. The zero-order valence-corrected chi connectivity index (χ0v) is 18.1. The quantitative estimate of drug-likeness (QED) is 0.298. The first-order valence-corrected chi connectivity index (χ1v) is 10.3. The summed E-state index contributed by atoms with van der Waals surface area (Å²) >= 11 is 13.1. The number of nitrogens with one attached hydrogen (secondary N) is 1. The number of anilines is 1. The first-order chi connectivity index (χ1) is 15.1. The summed E-state index contributed by atoms with van der Waals surface area (Å²) in [7, 11) is 0. The summed E-state index contributed by atoms with van der Waals surface area (Å²) in [6.45, 7) is 0. The van der Waals surface area contributed by atoms with Crippen LogP contribution in [0.5, 0.6) is 0 Å². The Morgan fingerprint density at radius 3 is 2.12 bits per heavy atom. The van der Waals surface area contributed by atoms with Crippen molar-refractivity contribution in [3.63, 3.8) is 0 Å². The minimum absolute atomic E-state index is 0.00671. The minimum Gasteiger partial charge on any atom is -0.268 e. The molecule has 0 heterocycles. The molecule has 1 N–H and O–H groups in total. The third kappa shape index (κ3) is 5.35. The van der Waals surface area contributed by atoms with Crippen LogP contribution in [0.4, 0.5) is 28.1 Å². The Labute approximate surface area is 194 Å². The van der Waals surface area contributed by atoms with Gasteiger partial charge in [0.25, 0.3) is 5.91 Å². The lowest BCUT2D eigenvalue weighted by molar-refractivity contribution is -0.137. The van der Waals surface area contributed by atoms with E-state index >= 15 is 0 Å². The van der Waals surface area contributed by atoms with Crippen LogP contribution in [0.3, 0.4) is 0 Å². The van der Waals surface area contributed by atoms with Gasteiger partial charge in [-0.15, -0.1) is 0 Å². The fourth-order valence-corrected chi connectivity index (χ4v) is 4.01. The van der Waals surface area contributed by atoms with E-state index in [4.69, 9.17) is 23.2 Å². The van der Waals surface area contributed by atoms with Gasteiger partial charge in [0.15, 0.2) is 0 Å². The molecule has 0 bridgehead atoms. The number of hydrogen-bond donors (Lipinski definition) is 1. The number of carbonyl (C=O) groups is 2. The van der Waals surface area contributed by atoms with E-state index in [-0.39, 0.29) is 21.3 Å². The molecular formula is C21H12Cl2F4N2O2S. The van der Waals surface area contributed by atoms with Crippen molar-refractivity contribution in [2.75, 3.05) is 4.90 Å². The predicted molar refractivity (Wildman–Crippen MR) is 115 cm³/mol. The smallest absolute Gasteiger partial charge is 0.268 e. The summed E-state index contributed by atoms with van der Waals surface area (Å²) < 4.78 is 51.3. The third-order valence-corrected chi connectivity index (χ3v) is 6.01. The number of urea groups is 1. The number of alkyl halides is 3. The van der Waals surface area contributed by atoms with Crippen LogP contribution in [0.15, 0.2) is 76.5 Å². The van der Waals surface area contributed by atoms with Crippen molar-refractivity contribution >= 4 is 52.6 Å². The van der Waals surface area contributed by atoms with E-state index in [1.54, 1.807) is 6.07 Å². The van der Waals surface area contributed by atoms with Gasteiger partial charge in [0.2, 0.25) is 0 Å². The van der Waals surface area contributed by atoms with Crippen LogP contribution < -0.4 is 10.4 Å². The molecule has 3 aromatic rings. The maximum atomic E-state index is 12.9. The number of amides is 3. The van der Waals surface area contributed by atoms with Crippen LogP contribution >= 0.6 is 35.0 Å². The Morgan fingerprint density at radius 2 is 1.56 bits per heavy atom. The van der Waals surface area contributed by atoms with Gasteiger partial charge < -0.3 is 0 Å². The largest absolute Gasteiger partial charge is 0.416 e. The number of rotatable bonds is 4. The Hall–Kier alpha value is -2.75. The lowest BCUT2D eigenvalue weighted by Crippen LogP contribution is -2.41. The number of halogens is 6. The second-order valence-corrected chi connectivity index (χ2v) is 8.19. The van der Waals surface area contributed by atoms with E-state index in [2.05, 4.69) is 0 Å². The highest BCUT2D eigenvalue weighted by atomic mass is 35.5. The summed E-state index contributed by atoms with van der Waals surface area (Å²) in [6, 6.07) is 13.4. The standard InChI is InChI=1S/C21H12Cl2F4N2O2S/c22-16-4-2-1-3-15(16)19(30)29(20(31)28-27)13-6-8-14(9-7-13)32-18-10-5-12(11-17(18)23)21(24,25)26/h1-11H,(H,28,31). The Bertz CT molecular complexity index is 1160. The molecule has 32 heavy (non-hydrogen) atoms. The number of imide groups is 1. The van der Waals surface area contributed by atoms with Crippen LogP contribution in [-0.2, 0) is 6.18 Å². The monoisotopic (exact) mass is 502 g/mol. The Morgan fingerprint density at radius 1 is 0.906 bits per heavy atom. The van der Waals surface area contributed by atoms with Crippen molar-refractivity contribution in [2.45, 2.75) is 16.0 Å². The molecule has 11 heteroatoms. The van der Waals surface area contributed by atoms with Crippen molar-refractivity contribution in [3.8, 4) is 0 Å². The minimum atomic E-state index is -4.51. The average Bonchev–Trinajstić information content (AvgIpc) is 2.75. The van der Waals surface area contributed by atoms with Crippen molar-refractivity contribution in [1.82, 2.24) is 5.54 Å². The van der Waals surface area contributed by atoms with E-state index in [1.165, 1.54) is 48.5 Å². The molecule has 0 fully saturated rings. The van der Waals surface area contributed by atoms with E-state index < -0.39 is 23.7 Å². The van der Waals surface area contributed by atoms with Gasteiger partial charge in [-0.05, 0) is 54.6 Å². The van der Waals surface area contributed by atoms with E-state index in [9.17, 15) is 27.2 Å². The van der Waals surface area contributed by atoms with Gasteiger partial charge in [-0.2, -0.15) is 18.7 Å². The van der Waals surface area contributed by atoms with Crippen molar-refractivity contribution in [1.29, 1.82) is 0 Å². The van der Waals surface area contributed by atoms with Gasteiger partial charge in [-0.3, -0.25) is 4.79 Å². The second kappa shape index (κ2) is 9.81. The molecule has 0 saturated heterocycles. The predicted octanol–water partition coefficient (Wildman–Crippen LogP) is 7.40. The van der Waals surface area contributed by atoms with E-state index in [0.717, 1.165) is 29.4 Å². The lowest BCUT2D eigenvalue weighted by atomic mass is 10.2. The van der Waals surface area contributed by atoms with Gasteiger partial charge in [-0.25, -0.2) is 9.69 Å². The molecule has 4 nitrogen and oxygen atoms in total. The van der Waals surface area contributed by atoms with Gasteiger partial charge in [0.05, 0.1) is 26.9 Å². The van der Waals surface area contributed by atoms with Crippen molar-refractivity contribution in [2.24, 2.45) is 0 Å². The average molecular weight is 503 g/mol. The number of carbonyl (C=O) groups excluding carboxylic acids is 2. The molecule has 0 unspecified atom stereocenters. The molecule has 0 aromatic heterocycles. The van der Waals surface area contributed by atoms with Crippen molar-refractivity contribution in [3.05, 3.63) is 87.9 Å². The van der Waals surface area contributed by atoms with Gasteiger partial charge in [0, 0.05) is 9.79 Å². The Balaban J connectivity index is 1.86. The molecule has 0 spiro atoms. The van der Waals surface area contributed by atoms with Gasteiger partial charge in [0.1, 0.15) is 0 Å². The lowest BCUT2D eigenvalue weighted by Gasteiger charge is -2.20. The fourth-order valence-electron chi connectivity index (χ4n) is 2.67. The van der Waals surface area contributed by atoms with Crippen molar-refractivity contribution < 1.29 is 27.2 Å². The van der Waals surface area contributed by atoms with Gasteiger partial charge >= 0.3 is 12.2 Å². The summed E-state index contributed by atoms with van der Waals surface area (Å²) in [5.41, 5.74) is 0.0964. The molecule has 0 aliphatic heterocycles. The molecule has 3 amide bonds. The normalized spacial score (nSPS) is 11.2. The highest BCUT2D eigenvalue weighted by Crippen LogP contribution is 2.38. The molecular weight excluding hydrogens is 491 g/mol. The van der Waals surface area contributed by atoms with Crippen LogP contribution in [0.25, 0.3) is 0 Å². The zero-order chi connectivity index (χ0) is 23.5. The first kappa shape index (κ1) is 23.9. The molecule has 0 atom stereocenters. The summed E-state index contributed by atoms with van der Waals surface area (Å²) in [4.78, 5) is 26.3. The molecule has 0 saturated carbocycles. The SMILES string of the molecule is O=C(NF)N(C(=O)c1ccccc1Cl)c1ccc(Sc2ccc(C(F)(F)F)cc2Cl)cc1. The zero-order valence-electron chi connectivity index (χ0n) is 15.8. The number of nitrogens with zero attached hydrogens (tertiary/aromatic N) is 1. The molecule has 3 aromatic carbocycles. The molecule has 166 valence electrons. The fraction of sp³-hybridized carbons (Fsp3) is 0.0476. The van der Waals surface area contributed by atoms with Crippen LogP contribution in [0.2, 0.25) is 10.0 Å². The number of hydrogen-bond acceptors (Lipinski definition) is 3. The highest BCUT2D eigenvalue weighted by molar-refractivity contribution is 7.99. The summed E-state index contributed by atoms with van der Waals surface area (Å²) in [5, 5.41) is -0.000452. The second-order valence-electron chi connectivity index (χ2n) is 6.26. The summed E-state index contributed by atoms with van der Waals surface area (Å²) in [5.74, 6) is -0.850. The first-order valence-electron chi connectivity index (χ1n) is 8.76. The maximum Gasteiger partial charge on any atom is 0.416 e. The van der Waals surface area contributed by atoms with Gasteiger partial charge in [-0.1, -0.05) is 51.6 Å². The van der Waals surface area contributed by atoms with E-state index in [1.807, 2.05) is 0 Å². The molecule has 0 radical (unpaired) electrons. The maximum absolute atomic E-state index is 12.9. The third-order valence-electron chi connectivity index (χ3n) is 4.17. The van der Waals surface area contributed by atoms with Crippen LogP contribution in [0.1, 0.15) is 15.9 Å². The number of benzene rings is 3. The van der Waals surface area contributed by atoms with Crippen LogP contribution in [-0.4, -0.2) is 11.9 Å². The molecule has 0 aliphatic carbocycles. The highest BCUT2D eigenvalue weighted by Gasteiger charge is 2.31.